The SMILES string of the molecule is CCOC(OCC)O[SiH2]CCc1cc(C(F)(F)F)cc(C(F)(F)F)c1.CCO[Si](CCc1cc(C(F)(F)F)cc(C(F)(F)F)c1)(OC)OC. The van der Waals surface area contributed by atoms with Crippen LogP contribution >= 0.6 is 0 Å². The van der Waals surface area contributed by atoms with Gasteiger partial charge in [-0.15, -0.1) is 0 Å². The number of hydrogen-bond donors (Lipinski definition) is 0. The largest absolute Gasteiger partial charge is 0.500 e. The van der Waals surface area contributed by atoms with Crippen molar-refractivity contribution in [3.05, 3.63) is 69.8 Å². The summed E-state index contributed by atoms with van der Waals surface area (Å²) in [4.78, 5) is 0. The highest BCUT2D eigenvalue weighted by Gasteiger charge is 2.40. The molecule has 0 aliphatic heterocycles. The average molecular weight is 767 g/mol. The second kappa shape index (κ2) is 19.4. The third-order valence-electron chi connectivity index (χ3n) is 6.47. The predicted octanol–water partition coefficient (Wildman–Crippen LogP) is 8.68. The van der Waals surface area contributed by atoms with E-state index in [9.17, 15) is 52.7 Å². The molecule has 49 heavy (non-hydrogen) atoms. The van der Waals surface area contributed by atoms with Crippen LogP contribution in [0.5, 0.6) is 0 Å². The first-order valence-electron chi connectivity index (χ1n) is 14.7. The molecule has 0 amide bonds. The van der Waals surface area contributed by atoms with Gasteiger partial charge in [0.05, 0.1) is 22.3 Å². The summed E-state index contributed by atoms with van der Waals surface area (Å²) in [6, 6.07) is 3.53. The summed E-state index contributed by atoms with van der Waals surface area (Å²) in [6.45, 7) is 5.32. The number of rotatable bonds is 16. The van der Waals surface area contributed by atoms with Gasteiger partial charge in [-0.1, -0.05) is 0 Å². The van der Waals surface area contributed by atoms with Gasteiger partial charge in [0, 0.05) is 40.1 Å². The molecule has 2 rings (SSSR count). The van der Waals surface area contributed by atoms with Crippen molar-refractivity contribution in [3.8, 4) is 0 Å². The van der Waals surface area contributed by atoms with Crippen LogP contribution in [0, 0.1) is 0 Å². The predicted molar refractivity (Wildman–Crippen MR) is 158 cm³/mol. The summed E-state index contributed by atoms with van der Waals surface area (Å²) >= 11 is 0. The molecule has 0 fully saturated rings. The highest BCUT2D eigenvalue weighted by molar-refractivity contribution is 6.60. The standard InChI is InChI=1S/C15H20F6O3Si.C14H18F6O3Si/c1-3-22-13(23-4-2)24-25-6-5-10-7-11(14(16,17)18)9-12(8-10)15(19,20)21;1-4-23-24(21-2,22-3)6-5-10-7-11(13(15,16)17)9-12(8-10)14(18,19)20/h7-9,13H,3-6,25H2,1-2H3;7-9H,4-6H2,1-3H3. The number of halogens is 12. The van der Waals surface area contributed by atoms with Crippen LogP contribution < -0.4 is 0 Å². The van der Waals surface area contributed by atoms with E-state index < -0.39 is 72.0 Å². The number of ether oxygens (including phenoxy) is 2. The Kier molecular flexibility index (Phi) is 17.8. The van der Waals surface area contributed by atoms with Crippen LogP contribution in [0.4, 0.5) is 52.7 Å². The minimum Gasteiger partial charge on any atom is -0.379 e. The lowest BCUT2D eigenvalue weighted by Crippen LogP contribution is -2.44. The van der Waals surface area contributed by atoms with Gasteiger partial charge in [0.2, 0.25) is 0 Å². The lowest BCUT2D eigenvalue weighted by atomic mass is 10.0. The van der Waals surface area contributed by atoms with Crippen molar-refractivity contribution < 1.29 is 79.9 Å². The zero-order valence-corrected chi connectivity index (χ0v) is 29.6. The molecule has 2 aromatic carbocycles. The fourth-order valence-electron chi connectivity index (χ4n) is 4.19. The maximum Gasteiger partial charge on any atom is 0.500 e. The molecule has 0 heterocycles. The Labute approximate surface area is 279 Å². The zero-order chi connectivity index (χ0) is 37.7. The van der Waals surface area contributed by atoms with Gasteiger partial charge in [0.25, 0.3) is 6.48 Å². The van der Waals surface area contributed by atoms with Gasteiger partial charge in [-0.05, 0) is 87.2 Å². The molecule has 0 atom stereocenters. The van der Waals surface area contributed by atoms with E-state index in [0.717, 1.165) is 12.1 Å². The molecule has 0 saturated carbocycles. The molecule has 20 heteroatoms. The summed E-state index contributed by atoms with van der Waals surface area (Å²) in [7, 11) is -1.68. The Bertz CT molecular complexity index is 1200. The van der Waals surface area contributed by atoms with Gasteiger partial charge < -0.3 is 27.2 Å². The molecule has 0 N–H and O–H groups in total. The normalized spacial score (nSPS) is 13.3. The Hall–Kier alpha value is -2.21. The van der Waals surface area contributed by atoms with Crippen LogP contribution in [0.3, 0.4) is 0 Å². The highest BCUT2D eigenvalue weighted by Crippen LogP contribution is 2.38. The molecular weight excluding hydrogens is 728 g/mol. The van der Waals surface area contributed by atoms with Crippen LogP contribution in [0.25, 0.3) is 0 Å². The number of benzene rings is 2. The summed E-state index contributed by atoms with van der Waals surface area (Å²) in [6.07, 6.45) is -19.4. The molecule has 0 radical (unpaired) electrons. The molecule has 282 valence electrons. The van der Waals surface area contributed by atoms with E-state index in [2.05, 4.69) is 0 Å². The monoisotopic (exact) mass is 766 g/mol. The topological polar surface area (TPSA) is 55.4 Å². The van der Waals surface area contributed by atoms with E-state index in [1.165, 1.54) is 14.2 Å². The van der Waals surface area contributed by atoms with Gasteiger partial charge in [-0.2, -0.15) is 52.7 Å². The molecule has 2 aromatic rings. The van der Waals surface area contributed by atoms with Crippen LogP contribution in [0.1, 0.15) is 54.2 Å². The second-order valence-electron chi connectivity index (χ2n) is 10.0. The van der Waals surface area contributed by atoms with Gasteiger partial charge >= 0.3 is 33.5 Å². The summed E-state index contributed by atoms with van der Waals surface area (Å²) in [5, 5.41) is 0. The summed E-state index contributed by atoms with van der Waals surface area (Å²) in [5.41, 5.74) is -5.43. The molecule has 0 unspecified atom stereocenters. The van der Waals surface area contributed by atoms with Crippen molar-refractivity contribution in [2.24, 2.45) is 0 Å². The second-order valence-corrected chi connectivity index (χ2v) is 14.4. The van der Waals surface area contributed by atoms with Crippen LogP contribution in [-0.2, 0) is 64.7 Å². The Morgan fingerprint density at radius 2 is 0.939 bits per heavy atom. The van der Waals surface area contributed by atoms with E-state index >= 15 is 0 Å². The Balaban J connectivity index is 0.000000490. The Morgan fingerprint density at radius 1 is 0.571 bits per heavy atom. The van der Waals surface area contributed by atoms with Gasteiger partial charge in [-0.3, -0.25) is 0 Å². The molecule has 6 nitrogen and oxygen atoms in total. The first-order chi connectivity index (χ1) is 22.5. The maximum atomic E-state index is 12.8. The molecule has 0 aliphatic rings. The van der Waals surface area contributed by atoms with Gasteiger partial charge in [0.1, 0.15) is 0 Å². The molecule has 0 saturated heterocycles. The van der Waals surface area contributed by atoms with Crippen molar-refractivity contribution in [1.82, 2.24) is 0 Å². The zero-order valence-electron chi connectivity index (χ0n) is 27.2. The molecular formula is C29H38F12O6Si2. The molecule has 0 spiro atoms. The lowest BCUT2D eigenvalue weighted by Gasteiger charge is -2.26. The lowest BCUT2D eigenvalue weighted by molar-refractivity contribution is -0.243. The molecule has 0 aromatic heterocycles. The van der Waals surface area contributed by atoms with Crippen molar-refractivity contribution in [2.75, 3.05) is 34.0 Å². The highest BCUT2D eigenvalue weighted by atomic mass is 28.4. The van der Waals surface area contributed by atoms with Crippen LogP contribution in [0.15, 0.2) is 36.4 Å². The fourth-order valence-corrected chi connectivity index (χ4v) is 7.29. The smallest absolute Gasteiger partial charge is 0.379 e. The third kappa shape index (κ3) is 15.7. The van der Waals surface area contributed by atoms with Crippen molar-refractivity contribution in [2.45, 2.75) is 76.9 Å². The van der Waals surface area contributed by atoms with Crippen LogP contribution in [0.2, 0.25) is 12.1 Å². The number of hydrogen-bond acceptors (Lipinski definition) is 6. The summed E-state index contributed by atoms with van der Waals surface area (Å²) < 4.78 is 185. The molecule has 0 aliphatic carbocycles. The third-order valence-corrected chi connectivity index (χ3v) is 10.5. The van der Waals surface area contributed by atoms with Gasteiger partial charge in [-0.25, -0.2) is 0 Å². The van der Waals surface area contributed by atoms with Crippen LogP contribution in [-0.4, -0.2) is 59.1 Å². The molecule has 0 bridgehead atoms. The summed E-state index contributed by atoms with van der Waals surface area (Å²) in [5.74, 6) is 0. The minimum absolute atomic E-state index is 0.0254. The van der Waals surface area contributed by atoms with E-state index in [-0.39, 0.29) is 48.8 Å². The maximum absolute atomic E-state index is 12.8. The van der Waals surface area contributed by atoms with E-state index in [0.29, 0.717) is 31.4 Å². The van der Waals surface area contributed by atoms with Crippen molar-refractivity contribution in [3.63, 3.8) is 0 Å². The van der Waals surface area contributed by atoms with E-state index in [1.807, 2.05) is 0 Å². The average Bonchev–Trinajstić information content (AvgIpc) is 3.00. The first kappa shape index (κ1) is 44.8. The first-order valence-corrected chi connectivity index (χ1v) is 18.2. The number of aryl methyl sites for hydroxylation is 2. The fraction of sp³-hybridized carbons (Fsp3) is 0.586. The van der Waals surface area contributed by atoms with Crippen molar-refractivity contribution in [1.29, 1.82) is 0 Å². The minimum atomic E-state index is -4.87. The Morgan fingerprint density at radius 3 is 1.24 bits per heavy atom. The quantitative estimate of drug-likeness (QED) is 0.0739. The van der Waals surface area contributed by atoms with Gasteiger partial charge in [0.15, 0.2) is 9.76 Å². The van der Waals surface area contributed by atoms with Crippen molar-refractivity contribution >= 4 is 18.6 Å². The van der Waals surface area contributed by atoms with E-state index in [1.54, 1.807) is 20.8 Å². The number of alkyl halides is 12. The van der Waals surface area contributed by atoms with E-state index in [4.69, 9.17) is 27.2 Å².